The van der Waals surface area contributed by atoms with Crippen LogP contribution in [0.1, 0.15) is 0 Å². The normalized spacial score (nSPS) is 13.5. The molecule has 1 aromatic rings. The van der Waals surface area contributed by atoms with Gasteiger partial charge in [0.05, 0.1) is 0 Å². The maximum Gasteiger partial charge on any atom is 0.707 e. The number of halogens is 1. The van der Waals surface area contributed by atoms with Crippen molar-refractivity contribution in [1.82, 2.24) is 0 Å². The Morgan fingerprint density at radius 2 is 2.00 bits per heavy atom. The van der Waals surface area contributed by atoms with E-state index in [2.05, 4.69) is 0 Å². The van der Waals surface area contributed by atoms with Gasteiger partial charge in [-0.1, -0.05) is 11.6 Å². The molecule has 1 aliphatic heterocycles. The maximum absolute atomic E-state index is 8.69. The minimum Gasteiger partial charge on any atom is -0.509 e. The zero-order valence-corrected chi connectivity index (χ0v) is 8.40. The van der Waals surface area contributed by atoms with Crippen molar-refractivity contribution in [3.63, 3.8) is 0 Å². The minimum atomic E-state index is -1.92. The van der Waals surface area contributed by atoms with Crippen molar-refractivity contribution in [3.05, 3.63) is 17.2 Å². The van der Waals surface area contributed by atoms with E-state index in [0.717, 1.165) is 0 Å². The van der Waals surface area contributed by atoms with Gasteiger partial charge in [0.1, 0.15) is 13.2 Å². The molecule has 1 aliphatic rings. The lowest BCUT2D eigenvalue weighted by atomic mass is 10.2. The standard InChI is InChI=1S/C8H8BClO5/c10-5-3-6-8(14-2-1-13-6)7(4-5)15-9(11)12/h3-4,11-12H,1-2H2. The van der Waals surface area contributed by atoms with Gasteiger partial charge in [0.25, 0.3) is 0 Å². The van der Waals surface area contributed by atoms with Gasteiger partial charge in [-0.3, -0.25) is 0 Å². The number of rotatable bonds is 2. The molecule has 0 bridgehead atoms. The van der Waals surface area contributed by atoms with Crippen molar-refractivity contribution >= 4 is 18.9 Å². The first-order valence-corrected chi connectivity index (χ1v) is 4.66. The zero-order valence-electron chi connectivity index (χ0n) is 7.64. The number of hydrogen-bond donors (Lipinski definition) is 2. The molecule has 15 heavy (non-hydrogen) atoms. The zero-order chi connectivity index (χ0) is 10.8. The molecule has 2 rings (SSSR count). The van der Waals surface area contributed by atoms with Gasteiger partial charge in [-0.15, -0.1) is 0 Å². The van der Waals surface area contributed by atoms with Crippen LogP contribution in [0.2, 0.25) is 5.02 Å². The highest BCUT2D eigenvalue weighted by Crippen LogP contribution is 2.41. The van der Waals surface area contributed by atoms with E-state index < -0.39 is 7.32 Å². The van der Waals surface area contributed by atoms with Crippen LogP contribution in [0.25, 0.3) is 0 Å². The lowest BCUT2D eigenvalue weighted by molar-refractivity contribution is 0.165. The summed E-state index contributed by atoms with van der Waals surface area (Å²) in [6.45, 7) is 0.807. The van der Waals surface area contributed by atoms with Crippen LogP contribution in [0.15, 0.2) is 12.1 Å². The molecule has 0 amide bonds. The Labute approximate surface area is 91.3 Å². The van der Waals surface area contributed by atoms with E-state index in [4.69, 9.17) is 35.8 Å². The highest BCUT2D eigenvalue weighted by atomic mass is 35.5. The first kappa shape index (κ1) is 10.4. The Kier molecular flexibility index (Phi) is 2.90. The largest absolute Gasteiger partial charge is 0.707 e. The van der Waals surface area contributed by atoms with Gasteiger partial charge in [0, 0.05) is 17.2 Å². The van der Waals surface area contributed by atoms with Crippen molar-refractivity contribution in [2.75, 3.05) is 13.2 Å². The van der Waals surface area contributed by atoms with E-state index in [1.54, 1.807) is 6.07 Å². The van der Waals surface area contributed by atoms with Crippen LogP contribution in [0.3, 0.4) is 0 Å². The Morgan fingerprint density at radius 3 is 2.73 bits per heavy atom. The Hall–Kier alpha value is -1.11. The highest BCUT2D eigenvalue weighted by molar-refractivity contribution is 6.34. The second kappa shape index (κ2) is 4.18. The topological polar surface area (TPSA) is 68.2 Å². The van der Waals surface area contributed by atoms with Gasteiger partial charge < -0.3 is 24.2 Å². The van der Waals surface area contributed by atoms with Gasteiger partial charge in [-0.2, -0.15) is 0 Å². The Balaban J connectivity index is 2.38. The molecule has 0 saturated heterocycles. The molecule has 0 saturated carbocycles. The molecule has 0 aromatic heterocycles. The highest BCUT2D eigenvalue weighted by Gasteiger charge is 2.22. The molecule has 1 heterocycles. The molecule has 0 unspecified atom stereocenters. The summed E-state index contributed by atoms with van der Waals surface area (Å²) in [5, 5.41) is 17.8. The molecule has 0 fully saturated rings. The SMILES string of the molecule is OB(O)Oc1cc(Cl)cc2c1OCCO2. The monoisotopic (exact) mass is 230 g/mol. The molecule has 80 valence electrons. The fourth-order valence-electron chi connectivity index (χ4n) is 1.29. The summed E-state index contributed by atoms with van der Waals surface area (Å²) in [4.78, 5) is 0. The summed E-state index contributed by atoms with van der Waals surface area (Å²) >= 11 is 5.79. The van der Waals surface area contributed by atoms with Crippen LogP contribution < -0.4 is 14.1 Å². The van der Waals surface area contributed by atoms with Crippen LogP contribution in [-0.2, 0) is 0 Å². The fraction of sp³-hybridized carbons (Fsp3) is 0.250. The average Bonchev–Trinajstić information content (AvgIpc) is 2.16. The van der Waals surface area contributed by atoms with Gasteiger partial charge >= 0.3 is 7.32 Å². The number of benzene rings is 1. The Morgan fingerprint density at radius 1 is 1.27 bits per heavy atom. The van der Waals surface area contributed by atoms with E-state index in [0.29, 0.717) is 29.7 Å². The van der Waals surface area contributed by atoms with Crippen LogP contribution in [0, 0.1) is 0 Å². The molecular weight excluding hydrogens is 222 g/mol. The van der Waals surface area contributed by atoms with E-state index in [1.807, 2.05) is 0 Å². The lowest BCUT2D eigenvalue weighted by Crippen LogP contribution is -2.22. The van der Waals surface area contributed by atoms with E-state index in [-0.39, 0.29) is 5.75 Å². The minimum absolute atomic E-state index is 0.146. The molecule has 2 N–H and O–H groups in total. The second-order valence-corrected chi connectivity index (χ2v) is 3.31. The van der Waals surface area contributed by atoms with Gasteiger partial charge in [0.2, 0.25) is 5.75 Å². The first-order chi connectivity index (χ1) is 7.16. The third kappa shape index (κ3) is 2.28. The average molecular weight is 230 g/mol. The third-order valence-corrected chi connectivity index (χ3v) is 2.02. The van der Waals surface area contributed by atoms with Crippen molar-refractivity contribution in [1.29, 1.82) is 0 Å². The van der Waals surface area contributed by atoms with E-state index in [1.165, 1.54) is 6.07 Å². The maximum atomic E-state index is 8.69. The quantitative estimate of drug-likeness (QED) is 0.723. The van der Waals surface area contributed by atoms with Crippen LogP contribution in [0.5, 0.6) is 17.2 Å². The summed E-state index contributed by atoms with van der Waals surface area (Å²) in [7, 11) is -1.92. The smallest absolute Gasteiger partial charge is 0.509 e. The van der Waals surface area contributed by atoms with Crippen molar-refractivity contribution in [2.45, 2.75) is 0 Å². The molecular formula is C8H8BClO5. The second-order valence-electron chi connectivity index (χ2n) is 2.87. The van der Waals surface area contributed by atoms with Crippen LogP contribution >= 0.6 is 11.6 Å². The van der Waals surface area contributed by atoms with Crippen molar-refractivity contribution in [2.24, 2.45) is 0 Å². The molecule has 0 atom stereocenters. The number of hydrogen-bond acceptors (Lipinski definition) is 5. The lowest BCUT2D eigenvalue weighted by Gasteiger charge is -2.21. The predicted molar refractivity (Wildman–Crippen MR) is 53.3 cm³/mol. The summed E-state index contributed by atoms with van der Waals surface area (Å²) in [6.07, 6.45) is 0. The van der Waals surface area contributed by atoms with Crippen LogP contribution in [-0.4, -0.2) is 30.6 Å². The predicted octanol–water partition coefficient (Wildman–Crippen LogP) is 0.459. The van der Waals surface area contributed by atoms with E-state index in [9.17, 15) is 0 Å². The van der Waals surface area contributed by atoms with Gasteiger partial charge in [-0.25, -0.2) is 0 Å². The van der Waals surface area contributed by atoms with Crippen molar-refractivity contribution in [3.8, 4) is 17.2 Å². The number of fused-ring (bicyclic) bond motifs is 1. The Bertz CT molecular complexity index is 370. The summed E-state index contributed by atoms with van der Waals surface area (Å²) in [6, 6.07) is 3.00. The van der Waals surface area contributed by atoms with Crippen LogP contribution in [0.4, 0.5) is 0 Å². The van der Waals surface area contributed by atoms with E-state index >= 15 is 0 Å². The number of ether oxygens (including phenoxy) is 2. The molecule has 1 aromatic carbocycles. The molecule has 5 nitrogen and oxygen atoms in total. The van der Waals surface area contributed by atoms with Crippen molar-refractivity contribution < 1.29 is 24.2 Å². The third-order valence-electron chi connectivity index (χ3n) is 1.81. The van der Waals surface area contributed by atoms with Gasteiger partial charge in [0.15, 0.2) is 11.5 Å². The van der Waals surface area contributed by atoms with Gasteiger partial charge in [-0.05, 0) is 0 Å². The summed E-state index contributed by atoms with van der Waals surface area (Å²) < 4.78 is 15.3. The summed E-state index contributed by atoms with van der Waals surface area (Å²) in [5.41, 5.74) is 0. The first-order valence-electron chi connectivity index (χ1n) is 4.29. The molecule has 0 radical (unpaired) electrons. The summed E-state index contributed by atoms with van der Waals surface area (Å²) in [5.74, 6) is 0.912. The molecule has 0 spiro atoms. The molecule has 7 heteroatoms. The fourth-order valence-corrected chi connectivity index (χ4v) is 1.49. The molecule has 0 aliphatic carbocycles.